The number of methoxy groups -OCH3 is 1. The van der Waals surface area contributed by atoms with Crippen molar-refractivity contribution in [3.63, 3.8) is 0 Å². The monoisotopic (exact) mass is 457 g/mol. The zero-order chi connectivity index (χ0) is 22.7. The second-order valence-corrected chi connectivity index (χ2v) is 8.84. The van der Waals surface area contributed by atoms with E-state index < -0.39 is 0 Å². The van der Waals surface area contributed by atoms with Crippen LogP contribution in [0, 0.1) is 5.92 Å². The highest BCUT2D eigenvalue weighted by Gasteiger charge is 2.31. The van der Waals surface area contributed by atoms with Crippen LogP contribution in [0.1, 0.15) is 48.1 Å². The molecular weight excluding hydrogens is 430 g/mol. The summed E-state index contributed by atoms with van der Waals surface area (Å²) in [5.41, 5.74) is 2.49. The van der Waals surface area contributed by atoms with E-state index in [1.165, 1.54) is 0 Å². The lowest BCUT2D eigenvalue weighted by Crippen LogP contribution is -2.46. The molecule has 0 bridgehead atoms. The first-order valence-corrected chi connectivity index (χ1v) is 11.4. The fourth-order valence-corrected chi connectivity index (χ4v) is 4.51. The number of piperidine rings is 1. The number of hydrogen-bond donors (Lipinski definition) is 1. The van der Waals surface area contributed by atoms with Gasteiger partial charge in [-0.25, -0.2) is 4.98 Å². The van der Waals surface area contributed by atoms with E-state index >= 15 is 0 Å². The van der Waals surface area contributed by atoms with E-state index in [1.54, 1.807) is 31.5 Å². The van der Waals surface area contributed by atoms with Gasteiger partial charge in [0.2, 0.25) is 0 Å². The Hall–Kier alpha value is -2.64. The number of carbonyl (C=O) groups is 1. The topological polar surface area (TPSA) is 88.7 Å². The van der Waals surface area contributed by atoms with Crippen LogP contribution in [0.2, 0.25) is 5.02 Å². The standard InChI is InChI=1S/C24H28ClN3O4/c1-15-3-5-19(8-10-29)28(14-15)24(30)16-11-20-23(21(12-16)31-2)32-22(27-20)6-4-18-13-17(25)7-9-26-18/h7,9,11-13,15,19,29H,3-6,8,10,14H2,1-2H3. The second kappa shape index (κ2) is 9.88. The van der Waals surface area contributed by atoms with Gasteiger partial charge in [-0.2, -0.15) is 0 Å². The van der Waals surface area contributed by atoms with E-state index in [2.05, 4.69) is 16.9 Å². The van der Waals surface area contributed by atoms with Crippen LogP contribution in [-0.2, 0) is 12.8 Å². The van der Waals surface area contributed by atoms with Crippen molar-refractivity contribution in [3.05, 3.63) is 52.6 Å². The smallest absolute Gasteiger partial charge is 0.254 e. The number of nitrogens with zero attached hydrogens (tertiary/aromatic N) is 3. The number of hydrogen-bond acceptors (Lipinski definition) is 6. The molecular formula is C24H28ClN3O4. The third-order valence-electron chi connectivity index (χ3n) is 6.01. The van der Waals surface area contributed by atoms with Gasteiger partial charge in [0.1, 0.15) is 5.52 Å². The minimum absolute atomic E-state index is 0.0449. The van der Waals surface area contributed by atoms with Gasteiger partial charge in [-0.3, -0.25) is 9.78 Å². The molecule has 0 spiro atoms. The summed E-state index contributed by atoms with van der Waals surface area (Å²) in [7, 11) is 1.55. The van der Waals surface area contributed by atoms with Crippen molar-refractivity contribution < 1.29 is 19.1 Å². The maximum Gasteiger partial charge on any atom is 0.254 e. The molecule has 3 heterocycles. The summed E-state index contributed by atoms with van der Waals surface area (Å²) in [6, 6.07) is 7.09. The molecule has 0 aliphatic carbocycles. The van der Waals surface area contributed by atoms with Gasteiger partial charge in [0.05, 0.1) is 7.11 Å². The summed E-state index contributed by atoms with van der Waals surface area (Å²) in [5.74, 6) is 1.39. The quantitative estimate of drug-likeness (QED) is 0.569. The van der Waals surface area contributed by atoms with Crippen molar-refractivity contribution in [2.24, 2.45) is 5.92 Å². The molecule has 1 N–H and O–H groups in total. The molecule has 1 saturated heterocycles. The number of ether oxygens (including phenoxy) is 1. The largest absolute Gasteiger partial charge is 0.493 e. The van der Waals surface area contributed by atoms with Crippen molar-refractivity contribution in [1.82, 2.24) is 14.9 Å². The Labute approximate surface area is 192 Å². The third-order valence-corrected chi connectivity index (χ3v) is 6.24. The van der Waals surface area contributed by atoms with Crippen LogP contribution in [0.25, 0.3) is 11.1 Å². The van der Waals surface area contributed by atoms with Gasteiger partial charge in [-0.05, 0) is 55.9 Å². The van der Waals surface area contributed by atoms with Crippen molar-refractivity contribution in [3.8, 4) is 5.75 Å². The van der Waals surface area contributed by atoms with Crippen LogP contribution >= 0.6 is 11.6 Å². The molecule has 2 atom stereocenters. The highest BCUT2D eigenvalue weighted by molar-refractivity contribution is 6.30. The maximum atomic E-state index is 13.4. The van der Waals surface area contributed by atoms with Gasteiger partial charge >= 0.3 is 0 Å². The lowest BCUT2D eigenvalue weighted by Gasteiger charge is -2.38. The first kappa shape index (κ1) is 22.6. The number of pyridine rings is 1. The molecule has 0 radical (unpaired) electrons. The maximum absolute atomic E-state index is 13.4. The molecule has 1 fully saturated rings. The number of carbonyl (C=O) groups excluding carboxylic acids is 1. The van der Waals surface area contributed by atoms with E-state index in [4.69, 9.17) is 20.8 Å². The number of aliphatic hydroxyl groups excluding tert-OH is 1. The van der Waals surface area contributed by atoms with Crippen molar-refractivity contribution in [2.75, 3.05) is 20.3 Å². The Balaban J connectivity index is 1.59. The molecule has 170 valence electrons. The van der Waals surface area contributed by atoms with E-state index in [0.29, 0.717) is 65.1 Å². The number of rotatable bonds is 7. The van der Waals surface area contributed by atoms with E-state index in [9.17, 15) is 9.90 Å². The van der Waals surface area contributed by atoms with Crippen molar-refractivity contribution >= 4 is 28.6 Å². The molecule has 1 aliphatic rings. The molecule has 7 nitrogen and oxygen atoms in total. The van der Waals surface area contributed by atoms with Gasteiger partial charge in [-0.15, -0.1) is 0 Å². The summed E-state index contributed by atoms with van der Waals surface area (Å²) in [6.07, 6.45) is 5.41. The Morgan fingerprint density at radius 2 is 2.16 bits per heavy atom. The zero-order valence-corrected chi connectivity index (χ0v) is 19.1. The molecule has 2 unspecified atom stereocenters. The fraction of sp³-hybridized carbons (Fsp3) is 0.458. The first-order chi connectivity index (χ1) is 15.5. The predicted octanol–water partition coefficient (Wildman–Crippen LogP) is 4.29. The number of halogens is 1. The molecule has 1 amide bonds. The number of amides is 1. The van der Waals surface area contributed by atoms with Gasteiger partial charge in [0.15, 0.2) is 17.2 Å². The number of aryl methyl sites for hydroxylation is 2. The second-order valence-electron chi connectivity index (χ2n) is 8.41. The van der Waals surface area contributed by atoms with Gasteiger partial charge in [0.25, 0.3) is 5.91 Å². The number of aliphatic hydroxyl groups is 1. The average molecular weight is 458 g/mol. The number of fused-ring (bicyclic) bond motifs is 1. The summed E-state index contributed by atoms with van der Waals surface area (Å²) in [5, 5.41) is 10.1. The normalized spacial score (nSPS) is 18.8. The van der Waals surface area contributed by atoms with Crippen LogP contribution in [0.5, 0.6) is 5.75 Å². The molecule has 3 aromatic rings. The minimum Gasteiger partial charge on any atom is -0.493 e. The minimum atomic E-state index is -0.0668. The van der Waals surface area contributed by atoms with Gasteiger partial charge < -0.3 is 19.2 Å². The first-order valence-electron chi connectivity index (χ1n) is 11.0. The molecule has 4 rings (SSSR count). The highest BCUT2D eigenvalue weighted by Crippen LogP contribution is 2.31. The van der Waals surface area contributed by atoms with Gasteiger partial charge in [0, 0.05) is 48.1 Å². The van der Waals surface area contributed by atoms with E-state index in [1.807, 2.05) is 11.0 Å². The zero-order valence-electron chi connectivity index (χ0n) is 18.4. The van der Waals surface area contributed by atoms with Crippen LogP contribution in [0.4, 0.5) is 0 Å². The van der Waals surface area contributed by atoms with Gasteiger partial charge in [-0.1, -0.05) is 18.5 Å². The Bertz CT molecular complexity index is 1100. The summed E-state index contributed by atoms with van der Waals surface area (Å²) in [4.78, 5) is 24.2. The van der Waals surface area contributed by atoms with E-state index in [0.717, 1.165) is 18.5 Å². The molecule has 1 aromatic carbocycles. The lowest BCUT2D eigenvalue weighted by molar-refractivity contribution is 0.0501. The molecule has 32 heavy (non-hydrogen) atoms. The summed E-state index contributed by atoms with van der Waals surface area (Å²) in [6.45, 7) is 2.90. The van der Waals surface area contributed by atoms with Crippen LogP contribution in [0.3, 0.4) is 0 Å². The highest BCUT2D eigenvalue weighted by atomic mass is 35.5. The fourth-order valence-electron chi connectivity index (χ4n) is 4.32. The van der Waals surface area contributed by atoms with Crippen molar-refractivity contribution in [2.45, 2.75) is 45.1 Å². The van der Waals surface area contributed by atoms with Crippen molar-refractivity contribution in [1.29, 1.82) is 0 Å². The number of aromatic nitrogens is 2. The van der Waals surface area contributed by atoms with Crippen LogP contribution in [-0.4, -0.2) is 52.2 Å². The number of oxazole rings is 1. The predicted molar refractivity (Wildman–Crippen MR) is 122 cm³/mol. The Morgan fingerprint density at radius 1 is 1.31 bits per heavy atom. The van der Waals surface area contributed by atoms with Crippen LogP contribution < -0.4 is 4.74 Å². The Kier molecular flexibility index (Phi) is 6.96. The molecule has 8 heteroatoms. The molecule has 1 aliphatic heterocycles. The summed E-state index contributed by atoms with van der Waals surface area (Å²) >= 11 is 6.04. The van der Waals surface area contributed by atoms with E-state index in [-0.39, 0.29) is 18.6 Å². The van der Waals surface area contributed by atoms with Crippen LogP contribution in [0.15, 0.2) is 34.9 Å². The average Bonchev–Trinajstić information content (AvgIpc) is 3.21. The molecule has 2 aromatic heterocycles. The molecule has 0 saturated carbocycles. The lowest BCUT2D eigenvalue weighted by atomic mass is 9.92. The number of benzene rings is 1. The Morgan fingerprint density at radius 3 is 2.91 bits per heavy atom. The third kappa shape index (κ3) is 4.89. The SMILES string of the molecule is COc1cc(C(=O)N2CC(C)CCC2CCO)cc2nc(CCc3cc(Cl)ccn3)oc12. The number of likely N-dealkylation sites (tertiary alicyclic amines) is 1. The summed E-state index contributed by atoms with van der Waals surface area (Å²) < 4.78 is 11.5.